The maximum Gasteiger partial charge on any atom is 0.409 e. The lowest BCUT2D eigenvalue weighted by molar-refractivity contribution is -0.385. The lowest BCUT2D eigenvalue weighted by atomic mass is 10.2. The summed E-state index contributed by atoms with van der Waals surface area (Å²) in [5.41, 5.74) is 5.13. The maximum atomic E-state index is 11.2. The molecule has 1 amide bonds. The van der Waals surface area contributed by atoms with Crippen LogP contribution in [0.15, 0.2) is 42.7 Å². The standard InChI is InChI=1S/C16H12N4O6/c1-24-14-7-12-11(6-13(14)20(22)23)15(19-8-18-12)25-9-2-4-10(5-3-9)26-16(17)21/h2-8H,1H3,(H2,17,21). The predicted molar refractivity (Wildman–Crippen MR) is 89.5 cm³/mol. The van der Waals surface area contributed by atoms with Crippen LogP contribution < -0.4 is 19.9 Å². The van der Waals surface area contributed by atoms with Crippen LogP contribution in [0.1, 0.15) is 0 Å². The number of nitrogens with two attached hydrogens (primary N) is 1. The van der Waals surface area contributed by atoms with Crippen LogP contribution in [0, 0.1) is 10.1 Å². The first-order valence-electron chi connectivity index (χ1n) is 7.20. The first-order valence-corrected chi connectivity index (χ1v) is 7.20. The van der Waals surface area contributed by atoms with Gasteiger partial charge in [0.2, 0.25) is 5.88 Å². The zero-order chi connectivity index (χ0) is 18.7. The molecule has 0 aliphatic heterocycles. The maximum absolute atomic E-state index is 11.2. The number of hydrogen-bond acceptors (Lipinski definition) is 8. The van der Waals surface area contributed by atoms with Gasteiger partial charge in [-0.1, -0.05) is 0 Å². The second-order valence-corrected chi connectivity index (χ2v) is 4.97. The molecule has 0 atom stereocenters. The molecule has 0 unspecified atom stereocenters. The number of carbonyl (C=O) groups is 1. The Hall–Kier alpha value is -3.95. The van der Waals surface area contributed by atoms with Crippen LogP contribution in [0.4, 0.5) is 10.5 Å². The van der Waals surface area contributed by atoms with Crippen LogP contribution in [-0.4, -0.2) is 28.1 Å². The van der Waals surface area contributed by atoms with Gasteiger partial charge in [-0.25, -0.2) is 14.8 Å². The summed E-state index contributed by atoms with van der Waals surface area (Å²) < 4.78 is 15.4. The highest BCUT2D eigenvalue weighted by atomic mass is 16.6. The Morgan fingerprint density at radius 3 is 2.46 bits per heavy atom. The van der Waals surface area contributed by atoms with Crippen molar-refractivity contribution < 1.29 is 23.9 Å². The number of fused-ring (bicyclic) bond motifs is 1. The number of methoxy groups -OCH3 is 1. The van der Waals surface area contributed by atoms with Crippen LogP contribution in [0.3, 0.4) is 0 Å². The van der Waals surface area contributed by atoms with Gasteiger partial charge >= 0.3 is 11.8 Å². The largest absolute Gasteiger partial charge is 0.490 e. The topological polar surface area (TPSA) is 140 Å². The van der Waals surface area contributed by atoms with Gasteiger partial charge in [0.1, 0.15) is 17.8 Å². The van der Waals surface area contributed by atoms with E-state index in [0.717, 1.165) is 0 Å². The average molecular weight is 356 g/mol. The Morgan fingerprint density at radius 2 is 1.85 bits per heavy atom. The van der Waals surface area contributed by atoms with Crippen molar-refractivity contribution in [2.45, 2.75) is 0 Å². The molecule has 26 heavy (non-hydrogen) atoms. The van der Waals surface area contributed by atoms with Crippen LogP contribution in [0.2, 0.25) is 0 Å². The van der Waals surface area contributed by atoms with Gasteiger partial charge in [-0.2, -0.15) is 0 Å². The number of primary amides is 1. The Kier molecular flexibility index (Phi) is 4.48. The fourth-order valence-electron chi connectivity index (χ4n) is 2.24. The van der Waals surface area contributed by atoms with Crippen LogP contribution >= 0.6 is 0 Å². The fourth-order valence-corrected chi connectivity index (χ4v) is 2.24. The molecule has 2 N–H and O–H groups in total. The zero-order valence-electron chi connectivity index (χ0n) is 13.4. The molecule has 3 rings (SSSR count). The molecule has 0 fully saturated rings. The van der Waals surface area contributed by atoms with E-state index in [1.165, 1.54) is 49.8 Å². The molecule has 0 aliphatic rings. The van der Waals surface area contributed by atoms with Gasteiger partial charge < -0.3 is 19.9 Å². The highest BCUT2D eigenvalue weighted by Gasteiger charge is 2.19. The third-order valence-corrected chi connectivity index (χ3v) is 3.35. The van der Waals surface area contributed by atoms with Gasteiger partial charge in [0.25, 0.3) is 0 Å². The molecule has 0 aliphatic carbocycles. The molecule has 10 nitrogen and oxygen atoms in total. The first kappa shape index (κ1) is 16.9. The van der Waals surface area contributed by atoms with Crippen LogP contribution in [0.25, 0.3) is 10.9 Å². The van der Waals surface area contributed by atoms with Crippen molar-refractivity contribution in [1.82, 2.24) is 9.97 Å². The summed E-state index contributed by atoms with van der Waals surface area (Å²) >= 11 is 0. The van der Waals surface area contributed by atoms with E-state index >= 15 is 0 Å². The number of nitro groups is 1. The van der Waals surface area contributed by atoms with E-state index in [2.05, 4.69) is 9.97 Å². The van der Waals surface area contributed by atoms with Crippen LogP contribution in [0.5, 0.6) is 23.1 Å². The minimum atomic E-state index is -0.929. The summed E-state index contributed by atoms with van der Waals surface area (Å²) in [5.74, 6) is 0.836. The summed E-state index contributed by atoms with van der Waals surface area (Å²) in [7, 11) is 1.34. The highest BCUT2D eigenvalue weighted by molar-refractivity contribution is 5.88. The van der Waals surface area contributed by atoms with Gasteiger partial charge in [0.15, 0.2) is 5.75 Å². The van der Waals surface area contributed by atoms with Crippen molar-refractivity contribution in [3.63, 3.8) is 0 Å². The van der Waals surface area contributed by atoms with E-state index in [1.807, 2.05) is 0 Å². The number of carbonyl (C=O) groups excluding carboxylic acids is 1. The number of hydrogen-bond donors (Lipinski definition) is 1. The quantitative estimate of drug-likeness (QED) is 0.543. The highest BCUT2D eigenvalue weighted by Crippen LogP contribution is 2.35. The number of aromatic nitrogens is 2. The number of nitrogens with zero attached hydrogens (tertiary/aromatic N) is 3. The molecule has 0 saturated carbocycles. The van der Waals surface area contributed by atoms with Crippen molar-refractivity contribution in [3.8, 4) is 23.1 Å². The Morgan fingerprint density at radius 1 is 1.15 bits per heavy atom. The van der Waals surface area contributed by atoms with Gasteiger partial charge in [-0.3, -0.25) is 10.1 Å². The van der Waals surface area contributed by atoms with E-state index in [4.69, 9.17) is 19.9 Å². The summed E-state index contributed by atoms with van der Waals surface area (Å²) in [6.07, 6.45) is 0.342. The predicted octanol–water partition coefficient (Wildman–Crippen LogP) is 2.80. The molecule has 2 aromatic carbocycles. The molecular formula is C16H12N4O6. The van der Waals surface area contributed by atoms with Gasteiger partial charge in [0, 0.05) is 12.1 Å². The smallest absolute Gasteiger partial charge is 0.409 e. The summed E-state index contributed by atoms with van der Waals surface area (Å²) in [6.45, 7) is 0. The molecule has 132 valence electrons. The van der Waals surface area contributed by atoms with Crippen LogP contribution in [-0.2, 0) is 0 Å². The van der Waals surface area contributed by atoms with Crippen molar-refractivity contribution in [2.75, 3.05) is 7.11 Å². The number of ether oxygens (including phenoxy) is 3. The lowest BCUT2D eigenvalue weighted by Gasteiger charge is -2.09. The molecule has 0 saturated heterocycles. The number of nitro benzene ring substituents is 1. The molecule has 1 aromatic heterocycles. The molecular weight excluding hydrogens is 344 g/mol. The zero-order valence-corrected chi connectivity index (χ0v) is 13.4. The number of rotatable bonds is 5. The van der Waals surface area contributed by atoms with E-state index in [9.17, 15) is 14.9 Å². The van der Waals surface area contributed by atoms with E-state index < -0.39 is 11.0 Å². The SMILES string of the molecule is COc1cc2ncnc(Oc3ccc(OC(N)=O)cc3)c2cc1[N+](=O)[O-]. The second-order valence-electron chi connectivity index (χ2n) is 4.97. The van der Waals surface area contributed by atoms with Crippen molar-refractivity contribution in [3.05, 3.63) is 52.8 Å². The monoisotopic (exact) mass is 356 g/mol. The van der Waals surface area contributed by atoms with Crippen molar-refractivity contribution >= 4 is 22.7 Å². The second kappa shape index (κ2) is 6.89. The Bertz CT molecular complexity index is 990. The third kappa shape index (κ3) is 3.43. The molecule has 3 aromatic rings. The first-order chi connectivity index (χ1) is 12.5. The Labute approximate surface area is 146 Å². The fraction of sp³-hybridized carbons (Fsp3) is 0.0625. The molecule has 1 heterocycles. The number of benzene rings is 2. The average Bonchev–Trinajstić information content (AvgIpc) is 2.62. The normalized spacial score (nSPS) is 10.3. The Balaban J connectivity index is 1.98. The van der Waals surface area contributed by atoms with E-state index in [1.54, 1.807) is 0 Å². The molecule has 0 radical (unpaired) electrons. The molecule has 0 bridgehead atoms. The number of amides is 1. The lowest BCUT2D eigenvalue weighted by Crippen LogP contribution is -2.16. The van der Waals surface area contributed by atoms with Gasteiger partial charge in [-0.05, 0) is 24.3 Å². The van der Waals surface area contributed by atoms with Crippen molar-refractivity contribution in [2.24, 2.45) is 5.73 Å². The summed E-state index contributed by atoms with van der Waals surface area (Å²) in [4.78, 5) is 29.5. The van der Waals surface area contributed by atoms with E-state index in [0.29, 0.717) is 16.7 Å². The molecule has 0 spiro atoms. The summed E-state index contributed by atoms with van der Waals surface area (Å²) in [5, 5.41) is 11.6. The van der Waals surface area contributed by atoms with Gasteiger partial charge in [0.05, 0.1) is 22.9 Å². The van der Waals surface area contributed by atoms with E-state index in [-0.39, 0.29) is 23.1 Å². The van der Waals surface area contributed by atoms with Crippen molar-refractivity contribution in [1.29, 1.82) is 0 Å². The minimum Gasteiger partial charge on any atom is -0.490 e. The van der Waals surface area contributed by atoms with Gasteiger partial charge in [-0.15, -0.1) is 0 Å². The third-order valence-electron chi connectivity index (χ3n) is 3.35. The molecule has 10 heteroatoms. The summed E-state index contributed by atoms with van der Waals surface area (Å²) in [6, 6.07) is 8.75. The minimum absolute atomic E-state index is 0.0834.